The average Bonchev–Trinajstić information content (AvgIpc) is 2.08. The third-order valence-electron chi connectivity index (χ3n) is 1.77. The molecule has 0 saturated heterocycles. The maximum atomic E-state index is 11.3. The number of carboxylic acid groups (broad SMARTS) is 1. The van der Waals surface area contributed by atoms with E-state index in [9.17, 15) is 14.4 Å². The number of carboxylic acids is 1. The Bertz CT molecular complexity index is 305. The molecule has 0 aromatic carbocycles. The van der Waals surface area contributed by atoms with Crippen LogP contribution in [-0.4, -0.2) is 34.6 Å². The van der Waals surface area contributed by atoms with Gasteiger partial charge in [0.05, 0.1) is 0 Å². The van der Waals surface area contributed by atoms with Crippen LogP contribution in [0.4, 0.5) is 4.79 Å². The van der Waals surface area contributed by atoms with Crippen LogP contribution in [0, 0.1) is 0 Å². The zero-order valence-electron chi connectivity index (χ0n) is 10.6. The van der Waals surface area contributed by atoms with E-state index in [0.717, 1.165) is 0 Å². The van der Waals surface area contributed by atoms with E-state index < -0.39 is 23.7 Å². The Hall–Kier alpha value is -1.59. The Morgan fingerprint density at radius 2 is 1.82 bits per heavy atom. The van der Waals surface area contributed by atoms with Crippen LogP contribution in [0.15, 0.2) is 0 Å². The highest BCUT2D eigenvalue weighted by Gasteiger charge is 2.23. The number of ether oxygens (including phenoxy) is 1. The number of amides is 1. The van der Waals surface area contributed by atoms with Crippen molar-refractivity contribution < 1.29 is 24.2 Å². The zero-order valence-corrected chi connectivity index (χ0v) is 10.6. The predicted molar refractivity (Wildman–Crippen MR) is 60.7 cm³/mol. The molecule has 0 unspecified atom stereocenters. The maximum Gasteiger partial charge on any atom is 0.408 e. The summed E-state index contributed by atoms with van der Waals surface area (Å²) in [7, 11) is 0. The average molecular weight is 245 g/mol. The molecule has 0 radical (unpaired) electrons. The number of nitrogens with one attached hydrogen (secondary N) is 1. The summed E-state index contributed by atoms with van der Waals surface area (Å²) in [6.07, 6.45) is -0.634. The molecule has 0 aliphatic rings. The summed E-state index contributed by atoms with van der Waals surface area (Å²) in [6.45, 7) is 6.40. The van der Waals surface area contributed by atoms with E-state index in [0.29, 0.717) is 0 Å². The second kappa shape index (κ2) is 6.22. The van der Waals surface area contributed by atoms with Gasteiger partial charge in [-0.3, -0.25) is 0 Å². The summed E-state index contributed by atoms with van der Waals surface area (Å²) in [6, 6.07) is -1.10. The molecular weight excluding hydrogens is 226 g/mol. The van der Waals surface area contributed by atoms with Crippen molar-refractivity contribution in [2.24, 2.45) is 0 Å². The molecule has 17 heavy (non-hydrogen) atoms. The summed E-state index contributed by atoms with van der Waals surface area (Å²) in [5, 5.41) is 11.1. The fraction of sp³-hybridized carbons (Fsp3) is 0.727. The summed E-state index contributed by atoms with van der Waals surface area (Å²) < 4.78 is 4.93. The second-order valence-corrected chi connectivity index (χ2v) is 4.78. The van der Waals surface area contributed by atoms with Crippen LogP contribution >= 0.6 is 0 Å². The van der Waals surface area contributed by atoms with Gasteiger partial charge in [0.2, 0.25) is 0 Å². The van der Waals surface area contributed by atoms with E-state index in [1.54, 1.807) is 20.8 Å². The van der Waals surface area contributed by atoms with Crippen molar-refractivity contribution in [3.05, 3.63) is 0 Å². The van der Waals surface area contributed by atoms with E-state index in [1.165, 1.54) is 6.92 Å². The second-order valence-electron chi connectivity index (χ2n) is 4.78. The number of aliphatic carboxylic acids is 1. The molecule has 6 nitrogen and oxygen atoms in total. The van der Waals surface area contributed by atoms with Crippen LogP contribution in [0.2, 0.25) is 0 Å². The number of Topliss-reactive ketones (excluding diaryl/α,β-unsaturated/α-hetero) is 1. The lowest BCUT2D eigenvalue weighted by atomic mass is 10.1. The minimum Gasteiger partial charge on any atom is -0.480 e. The van der Waals surface area contributed by atoms with Gasteiger partial charge in [-0.15, -0.1) is 0 Å². The molecule has 0 aliphatic heterocycles. The molecule has 0 aromatic heterocycles. The maximum absolute atomic E-state index is 11.3. The van der Waals surface area contributed by atoms with Crippen molar-refractivity contribution in [2.45, 2.75) is 52.2 Å². The predicted octanol–water partition coefficient (Wildman–Crippen LogP) is 1.33. The largest absolute Gasteiger partial charge is 0.480 e. The molecule has 1 atom stereocenters. The van der Waals surface area contributed by atoms with E-state index in [4.69, 9.17) is 9.84 Å². The lowest BCUT2D eigenvalue weighted by Gasteiger charge is -2.21. The van der Waals surface area contributed by atoms with Crippen LogP contribution in [0.5, 0.6) is 0 Å². The molecule has 0 aromatic rings. The highest BCUT2D eigenvalue weighted by atomic mass is 16.6. The van der Waals surface area contributed by atoms with Gasteiger partial charge >= 0.3 is 12.1 Å². The normalized spacial score (nSPS) is 12.7. The summed E-state index contributed by atoms with van der Waals surface area (Å²) in [5.74, 6) is -1.31. The first kappa shape index (κ1) is 15.4. The van der Waals surface area contributed by atoms with Crippen LogP contribution in [0.3, 0.4) is 0 Å². The van der Waals surface area contributed by atoms with E-state index in [-0.39, 0.29) is 18.6 Å². The van der Waals surface area contributed by atoms with Gasteiger partial charge in [0.15, 0.2) is 0 Å². The van der Waals surface area contributed by atoms with Crippen LogP contribution in [0.1, 0.15) is 40.5 Å². The number of rotatable bonds is 5. The Balaban J connectivity index is 4.30. The number of hydrogen-bond donors (Lipinski definition) is 2. The monoisotopic (exact) mass is 245 g/mol. The van der Waals surface area contributed by atoms with Crippen molar-refractivity contribution in [3.63, 3.8) is 0 Å². The van der Waals surface area contributed by atoms with Crippen molar-refractivity contribution in [1.29, 1.82) is 0 Å². The number of hydrogen-bond acceptors (Lipinski definition) is 4. The standard InChI is InChI=1S/C11H19NO5/c1-7(13)5-6-8(9(14)15)12-10(16)17-11(2,3)4/h8H,5-6H2,1-4H3,(H,12,16)(H,14,15)/t8-/m1/s1. The summed E-state index contributed by atoms with van der Waals surface area (Å²) >= 11 is 0. The van der Waals surface area contributed by atoms with Gasteiger partial charge in [0, 0.05) is 6.42 Å². The molecular formula is C11H19NO5. The third-order valence-corrected chi connectivity index (χ3v) is 1.77. The van der Waals surface area contributed by atoms with Crippen molar-refractivity contribution in [3.8, 4) is 0 Å². The van der Waals surface area contributed by atoms with Gasteiger partial charge in [-0.1, -0.05) is 0 Å². The topological polar surface area (TPSA) is 92.7 Å². The van der Waals surface area contributed by atoms with Gasteiger partial charge in [-0.25, -0.2) is 9.59 Å². The summed E-state index contributed by atoms with van der Waals surface area (Å²) in [5.41, 5.74) is -0.687. The van der Waals surface area contributed by atoms with Gasteiger partial charge in [-0.2, -0.15) is 0 Å². The molecule has 2 N–H and O–H groups in total. The Kier molecular flexibility index (Phi) is 5.64. The molecule has 0 saturated carbocycles. The zero-order chi connectivity index (χ0) is 13.6. The Labute approximate surface area is 100 Å². The van der Waals surface area contributed by atoms with Crippen LogP contribution in [-0.2, 0) is 14.3 Å². The molecule has 1 amide bonds. The fourth-order valence-electron chi connectivity index (χ4n) is 1.05. The van der Waals surface area contributed by atoms with Gasteiger partial charge in [-0.05, 0) is 34.1 Å². The molecule has 6 heteroatoms. The molecule has 0 spiro atoms. The Morgan fingerprint density at radius 3 is 2.18 bits per heavy atom. The first-order valence-corrected chi connectivity index (χ1v) is 5.33. The van der Waals surface area contributed by atoms with E-state index in [1.807, 2.05) is 0 Å². The highest BCUT2D eigenvalue weighted by molar-refractivity contribution is 5.81. The number of carbonyl (C=O) groups excluding carboxylic acids is 2. The minimum atomic E-state index is -1.18. The molecule has 0 bridgehead atoms. The van der Waals surface area contributed by atoms with Gasteiger partial charge < -0.3 is 20.0 Å². The third kappa shape index (κ3) is 8.24. The van der Waals surface area contributed by atoms with Crippen molar-refractivity contribution in [2.75, 3.05) is 0 Å². The van der Waals surface area contributed by atoms with Gasteiger partial charge in [0.1, 0.15) is 17.4 Å². The van der Waals surface area contributed by atoms with Crippen LogP contribution < -0.4 is 5.32 Å². The van der Waals surface area contributed by atoms with Crippen molar-refractivity contribution in [1.82, 2.24) is 5.32 Å². The lowest BCUT2D eigenvalue weighted by Crippen LogP contribution is -2.43. The number of carbonyl (C=O) groups is 3. The van der Waals surface area contributed by atoms with E-state index >= 15 is 0 Å². The minimum absolute atomic E-state index is 0.0594. The smallest absolute Gasteiger partial charge is 0.408 e. The quantitative estimate of drug-likeness (QED) is 0.762. The van der Waals surface area contributed by atoms with E-state index in [2.05, 4.69) is 5.32 Å². The molecule has 0 aliphatic carbocycles. The highest BCUT2D eigenvalue weighted by Crippen LogP contribution is 2.07. The van der Waals surface area contributed by atoms with Crippen LogP contribution in [0.25, 0.3) is 0 Å². The van der Waals surface area contributed by atoms with Gasteiger partial charge in [0.25, 0.3) is 0 Å². The summed E-state index contributed by atoms with van der Waals surface area (Å²) in [4.78, 5) is 32.9. The molecule has 0 fully saturated rings. The molecule has 0 heterocycles. The van der Waals surface area contributed by atoms with Crippen molar-refractivity contribution >= 4 is 17.8 Å². The number of alkyl carbamates (subject to hydrolysis) is 1. The molecule has 98 valence electrons. The SMILES string of the molecule is CC(=O)CC[C@@H](NC(=O)OC(C)(C)C)C(=O)O. The lowest BCUT2D eigenvalue weighted by molar-refractivity contribution is -0.139. The molecule has 0 rings (SSSR count). The Morgan fingerprint density at radius 1 is 1.29 bits per heavy atom. The fourth-order valence-corrected chi connectivity index (χ4v) is 1.05. The first-order valence-electron chi connectivity index (χ1n) is 5.33. The number of ketones is 1. The first-order chi connectivity index (χ1) is 7.61.